The van der Waals surface area contributed by atoms with E-state index in [0.29, 0.717) is 0 Å². The molecule has 0 fully saturated rings. The minimum absolute atomic E-state index is 0. The third-order valence-electron chi connectivity index (χ3n) is 0.289. The summed E-state index contributed by atoms with van der Waals surface area (Å²) in [6, 6.07) is 0. The van der Waals surface area contributed by atoms with Crippen molar-refractivity contribution in [3.05, 3.63) is 0 Å². The molecular formula is CH8N5Na. The van der Waals surface area contributed by atoms with Gasteiger partial charge in [0.2, 0.25) is 5.96 Å². The molecule has 0 amide bonds. The standard InChI is InChI=1S/CH7N5.Na.H/c2-1(5-3)6-4;;/h3-4H2,(H3,2,5,6);;. The quantitative estimate of drug-likeness (QED) is 0.0770. The van der Waals surface area contributed by atoms with Gasteiger partial charge in [0, 0.05) is 0 Å². The molecule has 0 atom stereocenters. The Morgan fingerprint density at radius 1 is 1.29 bits per heavy atom. The van der Waals surface area contributed by atoms with Gasteiger partial charge in [-0.1, -0.05) is 0 Å². The Morgan fingerprint density at radius 2 is 1.57 bits per heavy atom. The maximum atomic E-state index is 6.51. The van der Waals surface area contributed by atoms with Gasteiger partial charge in [0.05, 0.1) is 0 Å². The molecule has 0 bridgehead atoms. The van der Waals surface area contributed by atoms with Gasteiger partial charge in [0.1, 0.15) is 0 Å². The molecule has 0 aliphatic heterocycles. The van der Waals surface area contributed by atoms with E-state index in [1.54, 1.807) is 0 Å². The van der Waals surface area contributed by atoms with Crippen LogP contribution in [0.25, 0.3) is 0 Å². The topological polar surface area (TPSA) is 100.0 Å². The molecule has 6 heteroatoms. The van der Waals surface area contributed by atoms with Crippen LogP contribution in [-0.2, 0) is 0 Å². The molecule has 5 nitrogen and oxygen atoms in total. The summed E-state index contributed by atoms with van der Waals surface area (Å²) in [4.78, 5) is 0. The van der Waals surface area contributed by atoms with Crippen LogP contribution >= 0.6 is 0 Å². The normalized spacial score (nSPS) is 6.00. The number of hydrogen-bond acceptors (Lipinski definition) is 3. The molecule has 0 heterocycles. The minimum atomic E-state index is -0.102. The molecule has 0 rings (SSSR count). The Morgan fingerprint density at radius 3 is 1.57 bits per heavy atom. The first-order chi connectivity index (χ1) is 2.81. The van der Waals surface area contributed by atoms with Gasteiger partial charge < -0.3 is 0 Å². The zero-order valence-electron chi connectivity index (χ0n) is 3.15. The molecule has 0 aliphatic carbocycles. The maximum absolute atomic E-state index is 6.51. The van der Waals surface area contributed by atoms with Crippen LogP contribution in [0.2, 0.25) is 0 Å². The fourth-order valence-electron chi connectivity index (χ4n) is 0.0417. The fraction of sp³-hybridized carbons (Fsp3) is 0. The monoisotopic (exact) mass is 113 g/mol. The number of hydrazine groups is 2. The molecule has 0 aromatic rings. The van der Waals surface area contributed by atoms with Gasteiger partial charge >= 0.3 is 29.6 Å². The Hall–Kier alpha value is 0.190. The predicted molar refractivity (Wildman–Crippen MR) is 29.5 cm³/mol. The van der Waals surface area contributed by atoms with E-state index in [1.807, 2.05) is 10.9 Å². The molecule has 0 aliphatic rings. The van der Waals surface area contributed by atoms with Crippen LogP contribution in [-0.4, -0.2) is 35.5 Å². The van der Waals surface area contributed by atoms with E-state index in [9.17, 15) is 0 Å². The number of nitrogens with one attached hydrogen (secondary N) is 3. The summed E-state index contributed by atoms with van der Waals surface area (Å²) in [7, 11) is 0. The summed E-state index contributed by atoms with van der Waals surface area (Å²) in [6.45, 7) is 0. The van der Waals surface area contributed by atoms with E-state index < -0.39 is 0 Å². The van der Waals surface area contributed by atoms with Gasteiger partial charge in [-0.3, -0.25) is 16.3 Å². The van der Waals surface area contributed by atoms with Crippen LogP contribution in [0, 0.1) is 5.41 Å². The van der Waals surface area contributed by atoms with Gasteiger partial charge in [0.15, 0.2) is 0 Å². The third-order valence-corrected chi connectivity index (χ3v) is 0.289. The molecule has 0 saturated carbocycles. The van der Waals surface area contributed by atoms with Crippen molar-refractivity contribution >= 4 is 35.5 Å². The molecule has 0 radical (unpaired) electrons. The van der Waals surface area contributed by atoms with E-state index in [0.717, 1.165) is 0 Å². The van der Waals surface area contributed by atoms with Crippen LogP contribution in [0.3, 0.4) is 0 Å². The van der Waals surface area contributed by atoms with E-state index in [2.05, 4.69) is 11.7 Å². The van der Waals surface area contributed by atoms with Gasteiger partial charge in [-0.05, 0) is 0 Å². The first kappa shape index (κ1) is 10.2. The van der Waals surface area contributed by atoms with Gasteiger partial charge in [-0.15, -0.1) is 0 Å². The van der Waals surface area contributed by atoms with Gasteiger partial charge in [-0.25, -0.2) is 11.7 Å². The molecule has 38 valence electrons. The molecule has 7 N–H and O–H groups in total. The molecule has 0 unspecified atom stereocenters. The molecule has 0 saturated heterocycles. The van der Waals surface area contributed by atoms with Crippen molar-refractivity contribution in [1.29, 1.82) is 5.41 Å². The first-order valence-corrected chi connectivity index (χ1v) is 1.33. The number of guanidine groups is 1. The third kappa shape index (κ3) is 6.19. The second-order valence-electron chi connectivity index (χ2n) is 0.664. The van der Waals surface area contributed by atoms with Crippen molar-refractivity contribution in [2.75, 3.05) is 0 Å². The van der Waals surface area contributed by atoms with Crippen molar-refractivity contribution in [3.63, 3.8) is 0 Å². The summed E-state index contributed by atoms with van der Waals surface area (Å²) in [5, 5.41) is 6.51. The first-order valence-electron chi connectivity index (χ1n) is 1.33. The van der Waals surface area contributed by atoms with Crippen molar-refractivity contribution < 1.29 is 0 Å². The van der Waals surface area contributed by atoms with E-state index in [4.69, 9.17) is 5.41 Å². The Bertz CT molecular complexity index is 46.0. The predicted octanol–water partition coefficient (Wildman–Crippen LogP) is -2.80. The van der Waals surface area contributed by atoms with Crippen LogP contribution in [0.5, 0.6) is 0 Å². The van der Waals surface area contributed by atoms with Crippen LogP contribution in [0.15, 0.2) is 0 Å². The van der Waals surface area contributed by atoms with Gasteiger partial charge in [0.25, 0.3) is 0 Å². The zero-order valence-corrected chi connectivity index (χ0v) is 3.15. The summed E-state index contributed by atoms with van der Waals surface area (Å²) < 4.78 is 0. The molecule has 0 spiro atoms. The van der Waals surface area contributed by atoms with Crippen molar-refractivity contribution in [3.8, 4) is 0 Å². The molecule has 0 aromatic carbocycles. The van der Waals surface area contributed by atoms with Crippen LogP contribution < -0.4 is 22.5 Å². The van der Waals surface area contributed by atoms with Crippen molar-refractivity contribution in [2.45, 2.75) is 0 Å². The Kier molecular flexibility index (Phi) is 9.04. The number of nitrogens with two attached hydrogens (primary N) is 2. The fourth-order valence-corrected chi connectivity index (χ4v) is 0.0417. The van der Waals surface area contributed by atoms with Crippen molar-refractivity contribution in [2.24, 2.45) is 11.7 Å². The Labute approximate surface area is 63.6 Å². The van der Waals surface area contributed by atoms with E-state index >= 15 is 0 Å². The van der Waals surface area contributed by atoms with Crippen molar-refractivity contribution in [1.82, 2.24) is 10.9 Å². The van der Waals surface area contributed by atoms with Crippen LogP contribution in [0.4, 0.5) is 0 Å². The molecular weight excluding hydrogens is 105 g/mol. The summed E-state index contributed by atoms with van der Waals surface area (Å²) in [5.41, 5.74) is 3.92. The number of hydrogen-bond donors (Lipinski definition) is 5. The second kappa shape index (κ2) is 6.19. The summed E-state index contributed by atoms with van der Waals surface area (Å²) in [6.07, 6.45) is 0. The Balaban J connectivity index is 0. The molecule has 0 aromatic heterocycles. The van der Waals surface area contributed by atoms with Crippen LogP contribution in [0.1, 0.15) is 0 Å². The van der Waals surface area contributed by atoms with E-state index in [-0.39, 0.29) is 35.5 Å². The number of rotatable bonds is 0. The second-order valence-corrected chi connectivity index (χ2v) is 0.664. The SMILES string of the molecule is N=C(NN)NN.[NaH]. The zero-order chi connectivity index (χ0) is 4.99. The molecule has 7 heavy (non-hydrogen) atoms. The van der Waals surface area contributed by atoms with E-state index in [1.165, 1.54) is 0 Å². The summed E-state index contributed by atoms with van der Waals surface area (Å²) >= 11 is 0. The average Bonchev–Trinajstić information content (AvgIpc) is 1.65. The summed E-state index contributed by atoms with van der Waals surface area (Å²) in [5.74, 6) is 9.23. The van der Waals surface area contributed by atoms with Gasteiger partial charge in [-0.2, -0.15) is 0 Å². The average molecular weight is 113 g/mol.